The number of hydrogen-bond acceptors (Lipinski definition) is 3. The van der Waals surface area contributed by atoms with Crippen LogP contribution in [0.2, 0.25) is 0 Å². The molecule has 0 amide bonds. The van der Waals surface area contributed by atoms with Gasteiger partial charge < -0.3 is 10.0 Å². The predicted molar refractivity (Wildman–Crippen MR) is 74.7 cm³/mol. The first-order valence-corrected chi connectivity index (χ1v) is 6.83. The van der Waals surface area contributed by atoms with Crippen molar-refractivity contribution in [3.63, 3.8) is 0 Å². The van der Waals surface area contributed by atoms with Crippen LogP contribution in [-0.4, -0.2) is 28.6 Å². The van der Waals surface area contributed by atoms with E-state index in [1.54, 1.807) is 4.90 Å². The summed E-state index contributed by atoms with van der Waals surface area (Å²) >= 11 is 0. The number of alkyl halides is 3. The van der Waals surface area contributed by atoms with Gasteiger partial charge in [-0.05, 0) is 36.4 Å². The lowest BCUT2D eigenvalue weighted by atomic mass is 10.1. The Hall–Kier alpha value is -2.31. The predicted octanol–water partition coefficient (Wildman–Crippen LogP) is 3.31. The van der Waals surface area contributed by atoms with Crippen LogP contribution in [-0.2, 0) is 11.0 Å². The Morgan fingerprint density at radius 2 is 2.09 bits per heavy atom. The first kappa shape index (κ1) is 14.6. The van der Waals surface area contributed by atoms with Gasteiger partial charge in [0.15, 0.2) is 0 Å². The smallest absolute Gasteiger partial charge is 0.416 e. The molecule has 1 fully saturated rings. The highest BCUT2D eigenvalue weighted by Crippen LogP contribution is 2.35. The van der Waals surface area contributed by atoms with Crippen molar-refractivity contribution in [2.45, 2.75) is 25.1 Å². The van der Waals surface area contributed by atoms with E-state index in [1.807, 2.05) is 0 Å². The number of carboxylic acid groups (broad SMARTS) is 1. The van der Waals surface area contributed by atoms with Gasteiger partial charge in [-0.1, -0.05) is 6.07 Å². The van der Waals surface area contributed by atoms with Crippen LogP contribution in [0, 0.1) is 0 Å². The molecule has 0 unspecified atom stereocenters. The third-order valence-corrected chi connectivity index (χ3v) is 3.88. The van der Waals surface area contributed by atoms with Crippen molar-refractivity contribution in [1.29, 1.82) is 0 Å². The van der Waals surface area contributed by atoms with E-state index in [-0.39, 0.29) is 0 Å². The molecule has 0 aliphatic carbocycles. The molecule has 2 heterocycles. The minimum atomic E-state index is -4.41. The molecular formula is C15H13F3N2O2. The number of nitrogens with zero attached hydrogens (tertiary/aromatic N) is 2. The summed E-state index contributed by atoms with van der Waals surface area (Å²) in [6.45, 7) is 0.532. The molecule has 0 radical (unpaired) electrons. The van der Waals surface area contributed by atoms with Crippen LogP contribution in [0.5, 0.6) is 0 Å². The highest BCUT2D eigenvalue weighted by molar-refractivity contribution is 5.94. The van der Waals surface area contributed by atoms with Crippen LogP contribution in [0.4, 0.5) is 19.0 Å². The van der Waals surface area contributed by atoms with Gasteiger partial charge in [-0.3, -0.25) is 0 Å². The number of halogens is 3. The van der Waals surface area contributed by atoms with E-state index < -0.39 is 23.8 Å². The molecule has 1 aromatic heterocycles. The number of anilines is 1. The fourth-order valence-electron chi connectivity index (χ4n) is 2.84. The summed E-state index contributed by atoms with van der Waals surface area (Å²) in [4.78, 5) is 17.1. The maximum absolute atomic E-state index is 12.8. The summed E-state index contributed by atoms with van der Waals surface area (Å²) in [6, 6.07) is 4.24. The third-order valence-electron chi connectivity index (χ3n) is 3.88. The van der Waals surface area contributed by atoms with Gasteiger partial charge in [-0.15, -0.1) is 0 Å². The number of carboxylic acids is 1. The largest absolute Gasteiger partial charge is 0.480 e. The number of hydrogen-bond donors (Lipinski definition) is 1. The number of aliphatic carboxylic acids is 1. The van der Waals surface area contributed by atoms with Gasteiger partial charge in [0.2, 0.25) is 0 Å². The van der Waals surface area contributed by atoms with E-state index >= 15 is 0 Å². The van der Waals surface area contributed by atoms with E-state index in [1.165, 1.54) is 18.3 Å². The van der Waals surface area contributed by atoms with Crippen molar-refractivity contribution in [2.24, 2.45) is 0 Å². The minimum absolute atomic E-state index is 0.399. The van der Waals surface area contributed by atoms with Crippen LogP contribution in [0.15, 0.2) is 30.5 Å². The lowest BCUT2D eigenvalue weighted by molar-refractivity contribution is -0.138. The van der Waals surface area contributed by atoms with Crippen molar-refractivity contribution >= 4 is 22.6 Å². The molecule has 22 heavy (non-hydrogen) atoms. The van der Waals surface area contributed by atoms with Crippen molar-refractivity contribution in [1.82, 2.24) is 4.98 Å². The topological polar surface area (TPSA) is 53.4 Å². The van der Waals surface area contributed by atoms with E-state index in [0.717, 1.165) is 18.6 Å². The Bertz CT molecular complexity index is 730. The van der Waals surface area contributed by atoms with Crippen LogP contribution >= 0.6 is 0 Å². The molecule has 0 spiro atoms. The second-order valence-corrected chi connectivity index (χ2v) is 5.26. The average Bonchev–Trinajstić information content (AvgIpc) is 2.94. The molecule has 116 valence electrons. The SMILES string of the molecule is O=C(O)[C@H]1CCCN1c1nccc2cc(C(F)(F)F)ccc12. The monoisotopic (exact) mass is 310 g/mol. The Kier molecular flexibility index (Phi) is 3.42. The molecule has 1 aromatic carbocycles. The van der Waals surface area contributed by atoms with E-state index in [9.17, 15) is 23.1 Å². The zero-order valence-corrected chi connectivity index (χ0v) is 11.5. The van der Waals surface area contributed by atoms with Crippen LogP contribution in [0.25, 0.3) is 10.8 Å². The number of pyridine rings is 1. The Labute approximate surface area is 124 Å². The zero-order valence-electron chi connectivity index (χ0n) is 11.5. The minimum Gasteiger partial charge on any atom is -0.480 e. The average molecular weight is 310 g/mol. The first-order chi connectivity index (χ1) is 10.4. The number of fused-ring (bicyclic) bond motifs is 1. The summed E-state index contributed by atoms with van der Waals surface area (Å²) < 4.78 is 38.3. The first-order valence-electron chi connectivity index (χ1n) is 6.83. The zero-order chi connectivity index (χ0) is 15.9. The van der Waals surface area contributed by atoms with Gasteiger partial charge in [0, 0.05) is 18.1 Å². The second kappa shape index (κ2) is 5.15. The number of benzene rings is 1. The van der Waals surface area contributed by atoms with Gasteiger partial charge in [0.1, 0.15) is 11.9 Å². The van der Waals surface area contributed by atoms with Crippen LogP contribution in [0.1, 0.15) is 18.4 Å². The molecule has 1 aliphatic rings. The molecular weight excluding hydrogens is 297 g/mol. The fraction of sp³-hybridized carbons (Fsp3) is 0.333. The van der Waals surface area contributed by atoms with Crippen LogP contribution in [0.3, 0.4) is 0 Å². The molecule has 2 aromatic rings. The number of rotatable bonds is 2. The van der Waals surface area contributed by atoms with Crippen LogP contribution < -0.4 is 4.90 Å². The summed E-state index contributed by atoms with van der Waals surface area (Å²) in [6.07, 6.45) is -1.77. The Morgan fingerprint density at radius 3 is 2.77 bits per heavy atom. The summed E-state index contributed by atoms with van der Waals surface area (Å²) in [5, 5.41) is 10.2. The van der Waals surface area contributed by atoms with E-state index in [2.05, 4.69) is 4.98 Å². The fourth-order valence-corrected chi connectivity index (χ4v) is 2.84. The molecule has 1 N–H and O–H groups in total. The summed E-state index contributed by atoms with van der Waals surface area (Å²) in [5.74, 6) is -0.515. The lowest BCUT2D eigenvalue weighted by Gasteiger charge is -2.24. The normalized spacial score (nSPS) is 18.9. The van der Waals surface area contributed by atoms with E-state index in [0.29, 0.717) is 29.6 Å². The standard InChI is InChI=1S/C15H13F3N2O2/c16-15(17,18)10-3-4-11-9(8-10)5-6-19-13(11)20-7-1-2-12(20)14(21)22/h3-6,8,12H,1-2,7H2,(H,21,22)/t12-/m1/s1. The molecule has 0 bridgehead atoms. The maximum atomic E-state index is 12.8. The van der Waals surface area contributed by atoms with Gasteiger partial charge in [0.25, 0.3) is 0 Å². The lowest BCUT2D eigenvalue weighted by Crippen LogP contribution is -2.36. The number of aromatic nitrogens is 1. The molecule has 4 nitrogen and oxygen atoms in total. The Balaban J connectivity index is 2.10. The van der Waals surface area contributed by atoms with Gasteiger partial charge in [-0.25, -0.2) is 9.78 Å². The van der Waals surface area contributed by atoms with Gasteiger partial charge in [-0.2, -0.15) is 13.2 Å². The maximum Gasteiger partial charge on any atom is 0.416 e. The van der Waals surface area contributed by atoms with Gasteiger partial charge in [0.05, 0.1) is 5.56 Å². The Morgan fingerprint density at radius 1 is 1.32 bits per heavy atom. The summed E-state index contributed by atoms with van der Waals surface area (Å²) in [5.41, 5.74) is -0.728. The molecule has 1 atom stereocenters. The highest BCUT2D eigenvalue weighted by atomic mass is 19.4. The molecule has 3 rings (SSSR count). The second-order valence-electron chi connectivity index (χ2n) is 5.26. The van der Waals surface area contributed by atoms with E-state index in [4.69, 9.17) is 0 Å². The quantitative estimate of drug-likeness (QED) is 0.924. The summed E-state index contributed by atoms with van der Waals surface area (Å²) in [7, 11) is 0. The van der Waals surface area contributed by atoms with Crippen molar-refractivity contribution < 1.29 is 23.1 Å². The molecule has 1 saturated heterocycles. The van der Waals surface area contributed by atoms with Crippen molar-refractivity contribution in [2.75, 3.05) is 11.4 Å². The van der Waals surface area contributed by atoms with Crippen molar-refractivity contribution in [3.05, 3.63) is 36.0 Å². The van der Waals surface area contributed by atoms with Crippen molar-refractivity contribution in [3.8, 4) is 0 Å². The third kappa shape index (κ3) is 2.47. The highest BCUT2D eigenvalue weighted by Gasteiger charge is 2.33. The number of carbonyl (C=O) groups is 1. The molecule has 0 saturated carbocycles. The van der Waals surface area contributed by atoms with Gasteiger partial charge >= 0.3 is 12.1 Å². The molecule has 7 heteroatoms. The molecule has 1 aliphatic heterocycles.